The second-order valence-corrected chi connectivity index (χ2v) is 6.39. The quantitative estimate of drug-likeness (QED) is 0.616. The van der Waals surface area contributed by atoms with Crippen molar-refractivity contribution < 1.29 is 13.9 Å². The number of hydrogen-bond donors (Lipinski definition) is 0. The van der Waals surface area contributed by atoms with E-state index in [1.807, 2.05) is 4.57 Å². The lowest BCUT2D eigenvalue weighted by Gasteiger charge is -2.16. The molecular formula is C14H13ClFN3O2S. The van der Waals surface area contributed by atoms with Crippen molar-refractivity contribution in [2.24, 2.45) is 0 Å². The SMILES string of the molecule is COC(=O)[C@H](Sc1nncn1C1CC1)c1c(F)cccc1Cl. The maximum Gasteiger partial charge on any atom is 0.323 e. The summed E-state index contributed by atoms with van der Waals surface area (Å²) < 4.78 is 20.8. The van der Waals surface area contributed by atoms with Gasteiger partial charge in [0.05, 0.1) is 7.11 Å². The molecule has 0 saturated heterocycles. The lowest BCUT2D eigenvalue weighted by molar-refractivity contribution is -0.140. The van der Waals surface area contributed by atoms with Gasteiger partial charge in [0.15, 0.2) is 5.16 Å². The van der Waals surface area contributed by atoms with Gasteiger partial charge in [0.25, 0.3) is 0 Å². The van der Waals surface area contributed by atoms with E-state index in [0.717, 1.165) is 24.6 Å². The van der Waals surface area contributed by atoms with Gasteiger partial charge in [0.2, 0.25) is 0 Å². The Bertz CT molecular complexity index is 685. The molecule has 0 spiro atoms. The highest BCUT2D eigenvalue weighted by atomic mass is 35.5. The maximum absolute atomic E-state index is 14.1. The van der Waals surface area contributed by atoms with E-state index in [1.54, 1.807) is 12.4 Å². The fourth-order valence-corrected chi connectivity index (χ4v) is 3.63. The number of aromatic nitrogens is 3. The van der Waals surface area contributed by atoms with E-state index in [9.17, 15) is 9.18 Å². The van der Waals surface area contributed by atoms with E-state index in [2.05, 4.69) is 10.2 Å². The number of methoxy groups -OCH3 is 1. The Hall–Kier alpha value is -1.60. The summed E-state index contributed by atoms with van der Waals surface area (Å²) in [5.41, 5.74) is 0.103. The predicted octanol–water partition coefficient (Wildman–Crippen LogP) is 3.41. The van der Waals surface area contributed by atoms with Crippen molar-refractivity contribution in [2.75, 3.05) is 7.11 Å². The van der Waals surface area contributed by atoms with Crippen molar-refractivity contribution in [1.82, 2.24) is 14.8 Å². The Morgan fingerprint density at radius 1 is 1.55 bits per heavy atom. The van der Waals surface area contributed by atoms with Crippen LogP contribution in [0.25, 0.3) is 0 Å². The second-order valence-electron chi connectivity index (χ2n) is 4.91. The molecule has 0 unspecified atom stereocenters. The summed E-state index contributed by atoms with van der Waals surface area (Å²) in [5, 5.41) is 7.70. The number of carbonyl (C=O) groups is 1. The molecule has 0 amide bonds. The van der Waals surface area contributed by atoms with Gasteiger partial charge in [-0.15, -0.1) is 10.2 Å². The zero-order chi connectivity index (χ0) is 15.7. The molecule has 116 valence electrons. The summed E-state index contributed by atoms with van der Waals surface area (Å²) in [6.45, 7) is 0. The molecule has 1 aromatic carbocycles. The molecule has 3 rings (SSSR count). The van der Waals surface area contributed by atoms with Gasteiger partial charge in [-0.3, -0.25) is 4.79 Å². The third-order valence-electron chi connectivity index (χ3n) is 3.38. The number of ether oxygens (including phenoxy) is 1. The number of nitrogens with zero attached hydrogens (tertiary/aromatic N) is 3. The van der Waals surface area contributed by atoms with E-state index in [1.165, 1.54) is 19.2 Å². The van der Waals surface area contributed by atoms with Crippen molar-refractivity contribution in [3.05, 3.63) is 40.9 Å². The minimum absolute atomic E-state index is 0.103. The van der Waals surface area contributed by atoms with Crippen molar-refractivity contribution >= 4 is 29.3 Å². The van der Waals surface area contributed by atoms with Crippen LogP contribution in [0, 0.1) is 5.82 Å². The predicted molar refractivity (Wildman–Crippen MR) is 80.3 cm³/mol. The molecule has 1 saturated carbocycles. The Balaban J connectivity index is 1.96. The minimum atomic E-state index is -0.930. The van der Waals surface area contributed by atoms with Crippen LogP contribution in [0.1, 0.15) is 29.7 Å². The lowest BCUT2D eigenvalue weighted by atomic mass is 10.1. The zero-order valence-corrected chi connectivity index (χ0v) is 13.3. The Morgan fingerprint density at radius 3 is 2.95 bits per heavy atom. The van der Waals surface area contributed by atoms with Gasteiger partial charge >= 0.3 is 5.97 Å². The first-order valence-corrected chi connectivity index (χ1v) is 7.95. The molecule has 1 fully saturated rings. The van der Waals surface area contributed by atoms with E-state index < -0.39 is 17.0 Å². The molecule has 0 bridgehead atoms. The monoisotopic (exact) mass is 341 g/mol. The first-order chi connectivity index (χ1) is 10.6. The maximum atomic E-state index is 14.1. The molecule has 1 atom stereocenters. The molecule has 1 heterocycles. The Labute approximate surface area is 135 Å². The van der Waals surface area contributed by atoms with Crippen LogP contribution in [0.2, 0.25) is 5.02 Å². The van der Waals surface area contributed by atoms with Gasteiger partial charge in [0.1, 0.15) is 17.4 Å². The van der Waals surface area contributed by atoms with Gasteiger partial charge in [-0.25, -0.2) is 4.39 Å². The van der Waals surface area contributed by atoms with Crippen LogP contribution in [0.15, 0.2) is 29.7 Å². The summed E-state index contributed by atoms with van der Waals surface area (Å²) in [5.74, 6) is -1.13. The largest absolute Gasteiger partial charge is 0.468 e. The third-order valence-corrected chi connectivity index (χ3v) is 4.88. The normalized spacial score (nSPS) is 15.6. The number of hydrogen-bond acceptors (Lipinski definition) is 5. The van der Waals surface area contributed by atoms with Crippen LogP contribution in [0.4, 0.5) is 4.39 Å². The molecule has 0 radical (unpaired) electrons. The second kappa shape index (κ2) is 6.26. The molecule has 1 aliphatic carbocycles. The zero-order valence-electron chi connectivity index (χ0n) is 11.7. The van der Waals surface area contributed by atoms with Crippen LogP contribution in [0.5, 0.6) is 0 Å². The van der Waals surface area contributed by atoms with E-state index in [-0.39, 0.29) is 10.6 Å². The Kier molecular flexibility index (Phi) is 4.35. The van der Waals surface area contributed by atoms with Crippen molar-refractivity contribution in [3.8, 4) is 0 Å². The average Bonchev–Trinajstić information content (AvgIpc) is 3.24. The van der Waals surface area contributed by atoms with E-state index in [4.69, 9.17) is 16.3 Å². The first kappa shape index (κ1) is 15.3. The molecule has 1 aliphatic rings. The molecule has 22 heavy (non-hydrogen) atoms. The fourth-order valence-electron chi connectivity index (χ4n) is 2.12. The van der Waals surface area contributed by atoms with Gasteiger partial charge in [-0.1, -0.05) is 29.4 Å². The summed E-state index contributed by atoms with van der Waals surface area (Å²) in [7, 11) is 1.26. The van der Waals surface area contributed by atoms with Crippen molar-refractivity contribution in [3.63, 3.8) is 0 Å². The van der Waals surface area contributed by atoms with Gasteiger partial charge in [-0.05, 0) is 25.0 Å². The highest BCUT2D eigenvalue weighted by molar-refractivity contribution is 8.00. The van der Waals surface area contributed by atoms with Crippen LogP contribution >= 0.6 is 23.4 Å². The molecule has 0 aliphatic heterocycles. The van der Waals surface area contributed by atoms with E-state index in [0.29, 0.717) is 11.2 Å². The molecule has 5 nitrogen and oxygen atoms in total. The molecular weight excluding hydrogens is 329 g/mol. The number of esters is 1. The minimum Gasteiger partial charge on any atom is -0.468 e. The van der Waals surface area contributed by atoms with Gasteiger partial charge in [0, 0.05) is 16.6 Å². The summed E-state index contributed by atoms with van der Waals surface area (Å²) in [6, 6.07) is 4.66. The van der Waals surface area contributed by atoms with Crippen LogP contribution < -0.4 is 0 Å². The standard InChI is InChI=1S/C14H13ClFN3O2S/c1-21-13(20)12(11-9(15)3-2-4-10(11)16)22-14-18-17-7-19(14)8-5-6-8/h2-4,7-8,12H,5-6H2,1H3/t12-/m1/s1. The summed E-state index contributed by atoms with van der Waals surface area (Å²) >= 11 is 7.17. The fraction of sp³-hybridized carbons (Fsp3) is 0.357. The molecule has 1 aromatic heterocycles. The number of benzene rings is 1. The van der Waals surface area contributed by atoms with Gasteiger partial charge < -0.3 is 9.30 Å². The molecule has 0 N–H and O–H groups in total. The Morgan fingerprint density at radius 2 is 2.32 bits per heavy atom. The van der Waals surface area contributed by atoms with Crippen LogP contribution in [-0.4, -0.2) is 27.8 Å². The van der Waals surface area contributed by atoms with Gasteiger partial charge in [-0.2, -0.15) is 0 Å². The van der Waals surface area contributed by atoms with Crippen LogP contribution in [-0.2, 0) is 9.53 Å². The van der Waals surface area contributed by atoms with Crippen LogP contribution in [0.3, 0.4) is 0 Å². The molecule has 8 heteroatoms. The highest BCUT2D eigenvalue weighted by Gasteiger charge is 2.32. The number of halogens is 2. The first-order valence-electron chi connectivity index (χ1n) is 6.69. The third kappa shape index (κ3) is 2.96. The average molecular weight is 342 g/mol. The molecule has 2 aromatic rings. The highest BCUT2D eigenvalue weighted by Crippen LogP contribution is 2.43. The van der Waals surface area contributed by atoms with Crippen molar-refractivity contribution in [2.45, 2.75) is 29.3 Å². The summed E-state index contributed by atoms with van der Waals surface area (Å²) in [4.78, 5) is 12.1. The summed E-state index contributed by atoms with van der Waals surface area (Å²) in [6.07, 6.45) is 3.72. The van der Waals surface area contributed by atoms with Crippen molar-refractivity contribution in [1.29, 1.82) is 0 Å². The lowest BCUT2D eigenvalue weighted by Crippen LogP contribution is -2.14. The topological polar surface area (TPSA) is 57.0 Å². The van der Waals surface area contributed by atoms with E-state index >= 15 is 0 Å². The number of thioether (sulfide) groups is 1. The number of carbonyl (C=O) groups excluding carboxylic acids is 1. The smallest absolute Gasteiger partial charge is 0.323 e. The number of rotatable bonds is 5.